The topological polar surface area (TPSA) is 60.2 Å². The van der Waals surface area contributed by atoms with E-state index in [9.17, 15) is 0 Å². The normalized spacial score (nSPS) is 10.4. The molecule has 0 radical (unpaired) electrons. The molecule has 0 bridgehead atoms. The van der Waals surface area contributed by atoms with E-state index in [1.165, 1.54) is 0 Å². The van der Waals surface area contributed by atoms with E-state index >= 15 is 0 Å². The van der Waals surface area contributed by atoms with Gasteiger partial charge >= 0.3 is 0 Å². The SMILES string of the molecule is COCCCCCNc1ncc(N)cc1Br. The lowest BCUT2D eigenvalue weighted by atomic mass is 10.2. The predicted octanol–water partition coefficient (Wildman–Crippen LogP) is 2.65. The molecule has 0 saturated carbocycles. The average molecular weight is 288 g/mol. The van der Waals surface area contributed by atoms with Crippen molar-refractivity contribution in [1.82, 2.24) is 4.98 Å². The van der Waals surface area contributed by atoms with Gasteiger partial charge in [-0.3, -0.25) is 0 Å². The van der Waals surface area contributed by atoms with E-state index in [1.54, 1.807) is 13.3 Å². The van der Waals surface area contributed by atoms with Crippen LogP contribution in [0.2, 0.25) is 0 Å². The number of pyridine rings is 1. The molecule has 0 amide bonds. The first-order valence-electron chi connectivity index (χ1n) is 5.38. The maximum Gasteiger partial charge on any atom is 0.140 e. The molecule has 5 heteroatoms. The van der Waals surface area contributed by atoms with Crippen LogP contribution in [-0.2, 0) is 4.74 Å². The van der Waals surface area contributed by atoms with Crippen LogP contribution in [0.4, 0.5) is 11.5 Å². The van der Waals surface area contributed by atoms with Gasteiger partial charge in [0.15, 0.2) is 0 Å². The van der Waals surface area contributed by atoms with Crippen LogP contribution in [0.3, 0.4) is 0 Å². The zero-order valence-electron chi connectivity index (χ0n) is 9.50. The molecule has 0 atom stereocenters. The number of nitrogen functional groups attached to an aromatic ring is 1. The minimum atomic E-state index is 0.664. The van der Waals surface area contributed by atoms with Gasteiger partial charge in [0.25, 0.3) is 0 Å². The van der Waals surface area contributed by atoms with Crippen LogP contribution in [0.5, 0.6) is 0 Å². The lowest BCUT2D eigenvalue weighted by Gasteiger charge is -2.07. The fraction of sp³-hybridized carbons (Fsp3) is 0.545. The Kier molecular flexibility index (Phi) is 6.18. The van der Waals surface area contributed by atoms with Crippen LogP contribution in [0.25, 0.3) is 0 Å². The number of anilines is 2. The number of methoxy groups -OCH3 is 1. The monoisotopic (exact) mass is 287 g/mol. The van der Waals surface area contributed by atoms with E-state index in [4.69, 9.17) is 10.5 Å². The predicted molar refractivity (Wildman–Crippen MR) is 70.6 cm³/mol. The van der Waals surface area contributed by atoms with Crippen molar-refractivity contribution in [3.63, 3.8) is 0 Å². The smallest absolute Gasteiger partial charge is 0.140 e. The standard InChI is InChI=1S/C11H18BrN3O/c1-16-6-4-2-3-5-14-11-10(12)7-9(13)8-15-11/h7-8H,2-6,13H2,1H3,(H,14,15). The van der Waals surface area contributed by atoms with E-state index in [-0.39, 0.29) is 0 Å². The van der Waals surface area contributed by atoms with Crippen molar-refractivity contribution in [2.24, 2.45) is 0 Å². The summed E-state index contributed by atoms with van der Waals surface area (Å²) in [6.07, 6.45) is 5.03. The minimum Gasteiger partial charge on any atom is -0.397 e. The number of hydrogen-bond donors (Lipinski definition) is 2. The third kappa shape index (κ3) is 4.81. The molecule has 16 heavy (non-hydrogen) atoms. The second kappa shape index (κ2) is 7.46. The Morgan fingerprint density at radius 3 is 2.94 bits per heavy atom. The fourth-order valence-electron chi connectivity index (χ4n) is 1.34. The molecule has 1 aromatic rings. The van der Waals surface area contributed by atoms with Gasteiger partial charge in [0.2, 0.25) is 0 Å². The number of nitrogens with two attached hydrogens (primary N) is 1. The molecule has 4 nitrogen and oxygen atoms in total. The van der Waals surface area contributed by atoms with Gasteiger partial charge in [-0.25, -0.2) is 4.98 Å². The number of aromatic nitrogens is 1. The van der Waals surface area contributed by atoms with Gasteiger partial charge in [-0.1, -0.05) is 0 Å². The van der Waals surface area contributed by atoms with Crippen LogP contribution in [-0.4, -0.2) is 25.2 Å². The zero-order chi connectivity index (χ0) is 11.8. The third-order valence-electron chi connectivity index (χ3n) is 2.18. The second-order valence-corrected chi connectivity index (χ2v) is 4.43. The second-order valence-electron chi connectivity index (χ2n) is 3.58. The first-order chi connectivity index (χ1) is 7.74. The first-order valence-corrected chi connectivity index (χ1v) is 6.17. The summed E-state index contributed by atoms with van der Waals surface area (Å²) in [6.45, 7) is 1.75. The van der Waals surface area contributed by atoms with Crippen molar-refractivity contribution in [1.29, 1.82) is 0 Å². The highest BCUT2D eigenvalue weighted by molar-refractivity contribution is 9.10. The van der Waals surface area contributed by atoms with Crippen LogP contribution < -0.4 is 11.1 Å². The van der Waals surface area contributed by atoms with Crippen LogP contribution in [0.1, 0.15) is 19.3 Å². The molecule has 0 aliphatic carbocycles. The third-order valence-corrected chi connectivity index (χ3v) is 2.78. The Morgan fingerprint density at radius 2 is 2.25 bits per heavy atom. The Labute approximate surface area is 105 Å². The number of nitrogens with zero attached hydrogens (tertiary/aromatic N) is 1. The minimum absolute atomic E-state index is 0.664. The summed E-state index contributed by atoms with van der Waals surface area (Å²) in [5.74, 6) is 0.848. The van der Waals surface area contributed by atoms with Gasteiger partial charge in [-0.15, -0.1) is 0 Å². The van der Waals surface area contributed by atoms with E-state index in [1.807, 2.05) is 6.07 Å². The van der Waals surface area contributed by atoms with Crippen LogP contribution >= 0.6 is 15.9 Å². The van der Waals surface area contributed by atoms with Crippen molar-refractivity contribution in [3.8, 4) is 0 Å². The van der Waals surface area contributed by atoms with E-state index in [0.29, 0.717) is 5.69 Å². The summed E-state index contributed by atoms with van der Waals surface area (Å²) in [5, 5.41) is 3.26. The van der Waals surface area contributed by atoms with Crippen LogP contribution in [0.15, 0.2) is 16.7 Å². The quantitative estimate of drug-likeness (QED) is 0.757. The number of ether oxygens (including phenoxy) is 1. The summed E-state index contributed by atoms with van der Waals surface area (Å²) >= 11 is 3.42. The number of halogens is 1. The lowest BCUT2D eigenvalue weighted by molar-refractivity contribution is 0.192. The number of rotatable bonds is 7. The highest BCUT2D eigenvalue weighted by Crippen LogP contribution is 2.21. The molecule has 90 valence electrons. The van der Waals surface area contributed by atoms with Crippen LogP contribution in [0, 0.1) is 0 Å². The molecule has 1 heterocycles. The van der Waals surface area contributed by atoms with Crippen molar-refractivity contribution in [2.45, 2.75) is 19.3 Å². The highest BCUT2D eigenvalue weighted by atomic mass is 79.9. The molecule has 0 fully saturated rings. The summed E-state index contributed by atoms with van der Waals surface area (Å²) < 4.78 is 5.89. The molecule has 0 aliphatic heterocycles. The Morgan fingerprint density at radius 1 is 1.44 bits per heavy atom. The molecule has 3 N–H and O–H groups in total. The van der Waals surface area contributed by atoms with Gasteiger partial charge in [-0.05, 0) is 41.3 Å². The van der Waals surface area contributed by atoms with Crippen molar-refractivity contribution < 1.29 is 4.74 Å². The van der Waals surface area contributed by atoms with Gasteiger partial charge in [0, 0.05) is 20.3 Å². The van der Waals surface area contributed by atoms with E-state index in [0.717, 1.165) is 42.7 Å². The Hall–Kier alpha value is -0.810. The molecular weight excluding hydrogens is 270 g/mol. The summed E-state index contributed by atoms with van der Waals surface area (Å²) in [7, 11) is 1.73. The molecule has 1 aromatic heterocycles. The molecule has 0 aromatic carbocycles. The molecule has 0 spiro atoms. The molecule has 0 unspecified atom stereocenters. The van der Waals surface area contributed by atoms with E-state index < -0.39 is 0 Å². The molecule has 0 saturated heterocycles. The van der Waals surface area contributed by atoms with Crippen molar-refractivity contribution >= 4 is 27.4 Å². The fourth-order valence-corrected chi connectivity index (χ4v) is 1.84. The summed E-state index contributed by atoms with van der Waals surface area (Å²) in [5.41, 5.74) is 6.27. The zero-order valence-corrected chi connectivity index (χ0v) is 11.1. The van der Waals surface area contributed by atoms with E-state index in [2.05, 4.69) is 26.2 Å². The average Bonchev–Trinajstić information content (AvgIpc) is 2.26. The first kappa shape index (κ1) is 13.3. The van der Waals surface area contributed by atoms with Gasteiger partial charge in [0.1, 0.15) is 5.82 Å². The number of unbranched alkanes of at least 4 members (excludes halogenated alkanes) is 2. The van der Waals surface area contributed by atoms with Crippen molar-refractivity contribution in [3.05, 3.63) is 16.7 Å². The van der Waals surface area contributed by atoms with Gasteiger partial charge in [-0.2, -0.15) is 0 Å². The lowest BCUT2D eigenvalue weighted by Crippen LogP contribution is -2.04. The largest absolute Gasteiger partial charge is 0.397 e. The van der Waals surface area contributed by atoms with Gasteiger partial charge in [0.05, 0.1) is 16.4 Å². The Balaban J connectivity index is 2.21. The number of hydrogen-bond acceptors (Lipinski definition) is 4. The summed E-state index contributed by atoms with van der Waals surface area (Å²) in [6, 6.07) is 1.85. The molecule has 0 aliphatic rings. The maximum atomic E-state index is 5.60. The Bertz CT molecular complexity index is 320. The molecule has 1 rings (SSSR count). The van der Waals surface area contributed by atoms with Gasteiger partial charge < -0.3 is 15.8 Å². The molecular formula is C11H18BrN3O. The number of nitrogens with one attached hydrogen (secondary N) is 1. The maximum absolute atomic E-state index is 5.60. The summed E-state index contributed by atoms with van der Waals surface area (Å²) in [4.78, 5) is 4.20. The highest BCUT2D eigenvalue weighted by Gasteiger charge is 2.00. The van der Waals surface area contributed by atoms with Crippen molar-refractivity contribution in [2.75, 3.05) is 31.3 Å².